The second-order valence-corrected chi connectivity index (χ2v) is 7.03. The van der Waals surface area contributed by atoms with E-state index >= 15 is 0 Å². The van der Waals surface area contributed by atoms with Crippen LogP contribution in [0.1, 0.15) is 25.6 Å². The van der Waals surface area contributed by atoms with Gasteiger partial charge in [0.05, 0.1) is 11.0 Å². The van der Waals surface area contributed by atoms with Crippen LogP contribution >= 0.6 is 11.6 Å². The zero-order valence-corrected chi connectivity index (χ0v) is 13.7. The number of alkyl halides is 1. The van der Waals surface area contributed by atoms with Crippen molar-refractivity contribution >= 4 is 22.6 Å². The van der Waals surface area contributed by atoms with E-state index in [-0.39, 0.29) is 0 Å². The normalized spacial score (nSPS) is 19.2. The van der Waals surface area contributed by atoms with E-state index in [0.717, 1.165) is 24.3 Å². The lowest BCUT2D eigenvalue weighted by Crippen LogP contribution is -2.38. The molecule has 0 aliphatic carbocycles. The molecule has 1 aliphatic heterocycles. The van der Waals surface area contributed by atoms with Crippen molar-refractivity contribution in [2.75, 3.05) is 26.0 Å². The highest BCUT2D eigenvalue weighted by Gasteiger charge is 2.30. The number of likely N-dealkylation sites (tertiary alicyclic amines) is 1. The molecule has 0 radical (unpaired) electrons. The monoisotopic (exact) mass is 305 g/mol. The van der Waals surface area contributed by atoms with Crippen LogP contribution in [0.25, 0.3) is 11.0 Å². The minimum Gasteiger partial charge on any atom is -0.327 e. The first-order chi connectivity index (χ1) is 10.1. The van der Waals surface area contributed by atoms with Gasteiger partial charge >= 0.3 is 0 Å². The van der Waals surface area contributed by atoms with Gasteiger partial charge in [-0.15, -0.1) is 11.6 Å². The molecule has 0 spiro atoms. The predicted octanol–water partition coefficient (Wildman–Crippen LogP) is 3.55. The molecule has 0 unspecified atom stereocenters. The number of fused-ring (bicyclic) bond motifs is 1. The molecule has 1 aromatic heterocycles. The minimum absolute atomic E-state index is 0.358. The van der Waals surface area contributed by atoms with Crippen molar-refractivity contribution in [3.63, 3.8) is 0 Å². The number of hydrogen-bond acceptors (Lipinski definition) is 2. The van der Waals surface area contributed by atoms with Gasteiger partial charge in [0.1, 0.15) is 5.82 Å². The van der Waals surface area contributed by atoms with Gasteiger partial charge in [-0.3, -0.25) is 0 Å². The largest absolute Gasteiger partial charge is 0.327 e. The molecular formula is C17H24ClN3. The molecule has 1 saturated heterocycles. The Labute approximate surface area is 131 Å². The van der Waals surface area contributed by atoms with Crippen molar-refractivity contribution < 1.29 is 0 Å². The number of nitrogens with zero attached hydrogens (tertiary/aromatic N) is 3. The van der Waals surface area contributed by atoms with E-state index in [1.165, 1.54) is 31.4 Å². The third-order valence-electron chi connectivity index (χ3n) is 4.79. The van der Waals surface area contributed by atoms with Crippen LogP contribution in [0.5, 0.6) is 0 Å². The Morgan fingerprint density at radius 2 is 1.95 bits per heavy atom. The molecule has 2 aromatic rings. The number of para-hydroxylation sites is 2. The van der Waals surface area contributed by atoms with E-state index < -0.39 is 0 Å². The molecule has 0 atom stereocenters. The maximum absolute atomic E-state index is 5.97. The van der Waals surface area contributed by atoms with E-state index in [4.69, 9.17) is 16.6 Å². The number of imidazole rings is 1. The number of rotatable bonds is 4. The molecule has 1 aliphatic rings. The fourth-order valence-corrected chi connectivity index (χ4v) is 3.44. The Hall–Kier alpha value is -1.06. The second kappa shape index (κ2) is 5.98. The summed E-state index contributed by atoms with van der Waals surface area (Å²) in [6.07, 6.45) is 3.33. The number of aromatic nitrogens is 2. The van der Waals surface area contributed by atoms with E-state index in [1.807, 2.05) is 0 Å². The Morgan fingerprint density at radius 1 is 1.24 bits per heavy atom. The highest BCUT2D eigenvalue weighted by atomic mass is 35.5. The standard InChI is InChI=1S/C17H24ClN3/c1-17(8-11-20(2)12-9-17)13-21-15-6-4-3-5-14(15)19-16(21)7-10-18/h3-6H,7-13H2,1-2H3. The van der Waals surface area contributed by atoms with Gasteiger partial charge in [-0.2, -0.15) is 0 Å². The first-order valence-corrected chi connectivity index (χ1v) is 8.33. The Kier molecular flexibility index (Phi) is 4.23. The second-order valence-electron chi connectivity index (χ2n) is 6.66. The first-order valence-electron chi connectivity index (χ1n) is 7.80. The van der Waals surface area contributed by atoms with Crippen molar-refractivity contribution in [2.45, 2.75) is 32.7 Å². The topological polar surface area (TPSA) is 21.1 Å². The molecule has 4 heteroatoms. The van der Waals surface area contributed by atoms with Gasteiger partial charge in [0, 0.05) is 18.8 Å². The molecular weight excluding hydrogens is 282 g/mol. The van der Waals surface area contributed by atoms with Gasteiger partial charge in [0.25, 0.3) is 0 Å². The van der Waals surface area contributed by atoms with Crippen molar-refractivity contribution in [1.82, 2.24) is 14.5 Å². The quantitative estimate of drug-likeness (QED) is 0.806. The first kappa shape index (κ1) is 14.9. The maximum Gasteiger partial charge on any atom is 0.111 e. The van der Waals surface area contributed by atoms with E-state index in [2.05, 4.69) is 47.7 Å². The summed E-state index contributed by atoms with van der Waals surface area (Å²) in [7, 11) is 2.21. The molecule has 1 aromatic carbocycles. The van der Waals surface area contributed by atoms with Crippen LogP contribution in [-0.2, 0) is 13.0 Å². The minimum atomic E-state index is 0.358. The van der Waals surface area contributed by atoms with Gasteiger partial charge in [-0.25, -0.2) is 4.98 Å². The molecule has 0 N–H and O–H groups in total. The average molecular weight is 306 g/mol. The Bertz CT molecular complexity index is 612. The molecule has 114 valence electrons. The zero-order valence-electron chi connectivity index (χ0n) is 13.0. The summed E-state index contributed by atoms with van der Waals surface area (Å²) in [5.74, 6) is 1.76. The summed E-state index contributed by atoms with van der Waals surface area (Å²) >= 11 is 5.97. The summed E-state index contributed by atoms with van der Waals surface area (Å²) in [5.41, 5.74) is 2.70. The number of aryl methyl sites for hydroxylation is 1. The summed E-state index contributed by atoms with van der Waals surface area (Å²) in [4.78, 5) is 7.21. The summed E-state index contributed by atoms with van der Waals surface area (Å²) in [6.45, 7) is 5.84. The van der Waals surface area contributed by atoms with Gasteiger partial charge in [0.2, 0.25) is 0 Å². The van der Waals surface area contributed by atoms with Crippen molar-refractivity contribution in [2.24, 2.45) is 5.41 Å². The van der Waals surface area contributed by atoms with Crippen LogP contribution in [0.4, 0.5) is 0 Å². The highest BCUT2D eigenvalue weighted by molar-refractivity contribution is 6.17. The van der Waals surface area contributed by atoms with Crippen molar-refractivity contribution in [3.8, 4) is 0 Å². The molecule has 21 heavy (non-hydrogen) atoms. The molecule has 1 fully saturated rings. The molecule has 0 saturated carbocycles. The van der Waals surface area contributed by atoms with Crippen LogP contribution in [0, 0.1) is 5.41 Å². The van der Waals surface area contributed by atoms with Crippen LogP contribution in [0.3, 0.4) is 0 Å². The van der Waals surface area contributed by atoms with Crippen LogP contribution in [0.2, 0.25) is 0 Å². The van der Waals surface area contributed by atoms with Crippen LogP contribution < -0.4 is 0 Å². The zero-order chi connectivity index (χ0) is 14.9. The number of piperidine rings is 1. The van der Waals surface area contributed by atoms with Gasteiger partial charge < -0.3 is 9.47 Å². The Morgan fingerprint density at radius 3 is 2.67 bits per heavy atom. The van der Waals surface area contributed by atoms with Crippen LogP contribution in [-0.4, -0.2) is 40.5 Å². The summed E-state index contributed by atoms with van der Waals surface area (Å²) in [6, 6.07) is 8.43. The van der Waals surface area contributed by atoms with E-state index in [1.54, 1.807) is 0 Å². The van der Waals surface area contributed by atoms with Gasteiger partial charge in [0.15, 0.2) is 0 Å². The average Bonchev–Trinajstić information content (AvgIpc) is 2.81. The lowest BCUT2D eigenvalue weighted by molar-refractivity contribution is 0.121. The summed E-state index contributed by atoms with van der Waals surface area (Å²) in [5, 5.41) is 0. The van der Waals surface area contributed by atoms with Crippen molar-refractivity contribution in [1.29, 1.82) is 0 Å². The number of hydrogen-bond donors (Lipinski definition) is 0. The molecule has 0 bridgehead atoms. The molecule has 3 nitrogen and oxygen atoms in total. The fourth-order valence-electron chi connectivity index (χ4n) is 3.28. The lowest BCUT2D eigenvalue weighted by Gasteiger charge is -2.38. The molecule has 3 rings (SSSR count). The SMILES string of the molecule is CN1CCC(C)(Cn2c(CCCl)nc3ccccc32)CC1. The van der Waals surface area contributed by atoms with Crippen LogP contribution in [0.15, 0.2) is 24.3 Å². The third kappa shape index (κ3) is 3.09. The number of benzene rings is 1. The summed E-state index contributed by atoms with van der Waals surface area (Å²) < 4.78 is 2.41. The van der Waals surface area contributed by atoms with E-state index in [0.29, 0.717) is 11.3 Å². The van der Waals surface area contributed by atoms with E-state index in [9.17, 15) is 0 Å². The maximum atomic E-state index is 5.97. The highest BCUT2D eigenvalue weighted by Crippen LogP contribution is 2.34. The van der Waals surface area contributed by atoms with Gasteiger partial charge in [-0.05, 0) is 50.5 Å². The predicted molar refractivity (Wildman–Crippen MR) is 89.0 cm³/mol. The number of halogens is 1. The smallest absolute Gasteiger partial charge is 0.111 e. The van der Waals surface area contributed by atoms with Crippen molar-refractivity contribution in [3.05, 3.63) is 30.1 Å². The third-order valence-corrected chi connectivity index (χ3v) is 4.97. The fraction of sp³-hybridized carbons (Fsp3) is 0.588. The van der Waals surface area contributed by atoms with Gasteiger partial charge in [-0.1, -0.05) is 19.1 Å². The molecule has 0 amide bonds. The Balaban J connectivity index is 1.93. The molecule has 2 heterocycles. The lowest BCUT2D eigenvalue weighted by atomic mass is 9.80.